The number of halogens is 1. The Hall–Kier alpha value is 0.480. The lowest BCUT2D eigenvalue weighted by Gasteiger charge is -2.23. The Morgan fingerprint density at radius 1 is 1.25 bits per heavy atom. The molecular weight excluding hydrogens is 212 g/mol. The molecule has 0 aromatic carbocycles. The van der Waals surface area contributed by atoms with Crippen LogP contribution in [0.3, 0.4) is 0 Å². The fraction of sp³-hybridized carbons (Fsp3) is 1.00. The van der Waals surface area contributed by atoms with E-state index in [2.05, 4.69) is 29.8 Å². The molecule has 0 amide bonds. The fourth-order valence-corrected chi connectivity index (χ4v) is 2.24. The molecule has 1 aliphatic rings. The fourth-order valence-electron chi connectivity index (χ4n) is 1.96. The predicted molar refractivity (Wildman–Crippen MR) is 58.8 cm³/mol. The summed E-state index contributed by atoms with van der Waals surface area (Å²) in [6.07, 6.45) is 8.82. The summed E-state index contributed by atoms with van der Waals surface area (Å²) in [6, 6.07) is 0. The quantitative estimate of drug-likeness (QED) is 0.632. The minimum atomic E-state index is 0.516. The zero-order chi connectivity index (χ0) is 9.03. The highest BCUT2D eigenvalue weighted by molar-refractivity contribution is 9.09. The molecule has 0 spiro atoms. The third kappa shape index (κ3) is 3.47. The predicted octanol–water partition coefficient (Wildman–Crippen LogP) is 4.38. The van der Waals surface area contributed by atoms with Crippen molar-refractivity contribution in [2.45, 2.75) is 52.4 Å². The molecule has 0 aromatic rings. The summed E-state index contributed by atoms with van der Waals surface area (Å²) < 4.78 is 0. The molecular formula is C11H21Br. The lowest BCUT2D eigenvalue weighted by Crippen LogP contribution is -2.14. The largest absolute Gasteiger partial charge is 0.0922 e. The lowest BCUT2D eigenvalue weighted by atomic mass is 9.86. The zero-order valence-corrected chi connectivity index (χ0v) is 9.99. The molecule has 1 rings (SSSR count). The summed E-state index contributed by atoms with van der Waals surface area (Å²) in [5.74, 6) is 1.06. The van der Waals surface area contributed by atoms with Crippen LogP contribution in [0, 0.1) is 11.3 Å². The summed E-state index contributed by atoms with van der Waals surface area (Å²) in [5, 5.41) is 1.15. The average molecular weight is 233 g/mol. The van der Waals surface area contributed by atoms with E-state index in [9.17, 15) is 0 Å². The van der Waals surface area contributed by atoms with Crippen molar-refractivity contribution in [2.75, 3.05) is 5.33 Å². The standard InChI is InChI=1S/C11H21Br/c1-11(2,9-12)8-7-10-5-3-4-6-10/h10H,3-9H2,1-2H3. The second-order valence-corrected chi connectivity index (χ2v) is 5.55. The smallest absolute Gasteiger partial charge is 0.00826 e. The van der Waals surface area contributed by atoms with Gasteiger partial charge in [-0.05, 0) is 24.2 Å². The van der Waals surface area contributed by atoms with Gasteiger partial charge in [0, 0.05) is 5.33 Å². The van der Waals surface area contributed by atoms with E-state index in [0.29, 0.717) is 5.41 Å². The van der Waals surface area contributed by atoms with Crippen LogP contribution in [0.5, 0.6) is 0 Å². The SMILES string of the molecule is CC(C)(CBr)CCC1CCCC1. The maximum Gasteiger partial charge on any atom is 0.00826 e. The van der Waals surface area contributed by atoms with Gasteiger partial charge in [-0.2, -0.15) is 0 Å². The molecule has 72 valence electrons. The molecule has 1 saturated carbocycles. The molecule has 0 bridgehead atoms. The van der Waals surface area contributed by atoms with Crippen LogP contribution < -0.4 is 0 Å². The van der Waals surface area contributed by atoms with E-state index < -0.39 is 0 Å². The third-order valence-electron chi connectivity index (χ3n) is 3.07. The Morgan fingerprint density at radius 3 is 2.33 bits per heavy atom. The van der Waals surface area contributed by atoms with Crippen LogP contribution in [0.4, 0.5) is 0 Å². The van der Waals surface area contributed by atoms with Gasteiger partial charge in [-0.15, -0.1) is 0 Å². The van der Waals surface area contributed by atoms with Crippen LogP contribution in [-0.2, 0) is 0 Å². The number of hydrogen-bond donors (Lipinski definition) is 0. The molecule has 1 aliphatic carbocycles. The van der Waals surface area contributed by atoms with Gasteiger partial charge in [0.05, 0.1) is 0 Å². The highest BCUT2D eigenvalue weighted by atomic mass is 79.9. The Balaban J connectivity index is 2.15. The van der Waals surface area contributed by atoms with Gasteiger partial charge < -0.3 is 0 Å². The van der Waals surface area contributed by atoms with E-state index >= 15 is 0 Å². The molecule has 0 nitrogen and oxygen atoms in total. The van der Waals surface area contributed by atoms with Crippen molar-refractivity contribution in [3.63, 3.8) is 0 Å². The van der Waals surface area contributed by atoms with Crippen molar-refractivity contribution in [3.05, 3.63) is 0 Å². The molecule has 0 unspecified atom stereocenters. The van der Waals surface area contributed by atoms with Crippen LogP contribution in [0.25, 0.3) is 0 Å². The normalized spacial score (nSPS) is 20.2. The minimum Gasteiger partial charge on any atom is -0.0922 e. The van der Waals surface area contributed by atoms with Crippen molar-refractivity contribution in [1.82, 2.24) is 0 Å². The maximum absolute atomic E-state index is 3.58. The van der Waals surface area contributed by atoms with E-state index in [4.69, 9.17) is 0 Å². The summed E-state index contributed by atoms with van der Waals surface area (Å²) in [5.41, 5.74) is 0.516. The Morgan fingerprint density at radius 2 is 1.83 bits per heavy atom. The van der Waals surface area contributed by atoms with Crippen LogP contribution in [0.15, 0.2) is 0 Å². The molecule has 0 radical (unpaired) electrons. The topological polar surface area (TPSA) is 0 Å². The Kier molecular flexibility index (Phi) is 4.09. The molecule has 0 heterocycles. The second-order valence-electron chi connectivity index (χ2n) is 4.99. The second kappa shape index (κ2) is 4.64. The average Bonchev–Trinajstić information content (AvgIpc) is 2.53. The first kappa shape index (κ1) is 10.6. The molecule has 1 fully saturated rings. The Bertz CT molecular complexity index is 123. The molecule has 0 aromatic heterocycles. The monoisotopic (exact) mass is 232 g/mol. The molecule has 0 atom stereocenters. The lowest BCUT2D eigenvalue weighted by molar-refractivity contribution is 0.332. The van der Waals surface area contributed by atoms with E-state index in [-0.39, 0.29) is 0 Å². The van der Waals surface area contributed by atoms with Crippen molar-refractivity contribution in [1.29, 1.82) is 0 Å². The van der Waals surface area contributed by atoms with Crippen molar-refractivity contribution in [2.24, 2.45) is 11.3 Å². The highest BCUT2D eigenvalue weighted by Gasteiger charge is 2.20. The van der Waals surface area contributed by atoms with Gasteiger partial charge in [0.1, 0.15) is 0 Å². The molecule has 1 heteroatoms. The van der Waals surface area contributed by atoms with Crippen molar-refractivity contribution < 1.29 is 0 Å². The van der Waals surface area contributed by atoms with Crippen molar-refractivity contribution in [3.8, 4) is 0 Å². The summed E-state index contributed by atoms with van der Waals surface area (Å²) >= 11 is 3.58. The first-order chi connectivity index (χ1) is 5.64. The van der Waals surface area contributed by atoms with E-state index in [1.807, 2.05) is 0 Å². The summed E-state index contributed by atoms with van der Waals surface area (Å²) in [6.45, 7) is 4.72. The van der Waals surface area contributed by atoms with Gasteiger partial charge in [-0.3, -0.25) is 0 Å². The molecule has 12 heavy (non-hydrogen) atoms. The van der Waals surface area contributed by atoms with Gasteiger partial charge >= 0.3 is 0 Å². The third-order valence-corrected chi connectivity index (χ3v) is 4.58. The van der Waals surface area contributed by atoms with Crippen LogP contribution >= 0.6 is 15.9 Å². The summed E-state index contributed by atoms with van der Waals surface area (Å²) in [7, 11) is 0. The van der Waals surface area contributed by atoms with Gasteiger partial charge in [-0.25, -0.2) is 0 Å². The van der Waals surface area contributed by atoms with Gasteiger partial charge in [0.15, 0.2) is 0 Å². The van der Waals surface area contributed by atoms with E-state index in [1.165, 1.54) is 38.5 Å². The van der Waals surface area contributed by atoms with Crippen LogP contribution in [-0.4, -0.2) is 5.33 Å². The van der Waals surface area contributed by atoms with Crippen molar-refractivity contribution >= 4 is 15.9 Å². The van der Waals surface area contributed by atoms with Gasteiger partial charge in [0.2, 0.25) is 0 Å². The molecule has 0 N–H and O–H groups in total. The Labute approximate surface area is 85.3 Å². The number of rotatable bonds is 4. The van der Waals surface area contributed by atoms with Crippen LogP contribution in [0.2, 0.25) is 0 Å². The molecule has 0 saturated heterocycles. The zero-order valence-electron chi connectivity index (χ0n) is 8.41. The van der Waals surface area contributed by atoms with E-state index in [1.54, 1.807) is 0 Å². The van der Waals surface area contributed by atoms with E-state index in [0.717, 1.165) is 11.2 Å². The maximum atomic E-state index is 3.58. The van der Waals surface area contributed by atoms with Gasteiger partial charge in [0.25, 0.3) is 0 Å². The first-order valence-electron chi connectivity index (χ1n) is 5.20. The van der Waals surface area contributed by atoms with Crippen LogP contribution in [0.1, 0.15) is 52.4 Å². The first-order valence-corrected chi connectivity index (χ1v) is 6.32. The molecule has 0 aliphatic heterocycles. The minimum absolute atomic E-state index is 0.516. The highest BCUT2D eigenvalue weighted by Crippen LogP contribution is 2.33. The summed E-state index contributed by atoms with van der Waals surface area (Å²) in [4.78, 5) is 0. The number of hydrogen-bond acceptors (Lipinski definition) is 0. The number of alkyl halides is 1. The van der Waals surface area contributed by atoms with Gasteiger partial charge in [-0.1, -0.05) is 55.5 Å².